The molecule has 1 atom stereocenters. The lowest BCUT2D eigenvalue weighted by atomic mass is 9.91. The lowest BCUT2D eigenvalue weighted by molar-refractivity contribution is 0.515. The Morgan fingerprint density at radius 1 is 0.905 bits per heavy atom. The zero-order valence-electron chi connectivity index (χ0n) is 13.5. The second-order valence-corrected chi connectivity index (χ2v) is 6.48. The third kappa shape index (κ3) is 4.17. The van der Waals surface area contributed by atoms with Gasteiger partial charge >= 0.3 is 0 Å². The van der Waals surface area contributed by atoms with E-state index < -0.39 is 0 Å². The van der Waals surface area contributed by atoms with Gasteiger partial charge in [0.1, 0.15) is 5.82 Å². The topological polar surface area (TPSA) is 0 Å². The molecule has 0 saturated carbocycles. The molecule has 112 valence electrons. The number of hydrogen-bond donors (Lipinski definition) is 0. The third-order valence-electron chi connectivity index (χ3n) is 4.10. The van der Waals surface area contributed by atoms with Crippen molar-refractivity contribution in [3.8, 4) is 11.1 Å². The van der Waals surface area contributed by atoms with E-state index in [9.17, 15) is 4.39 Å². The number of benzene rings is 2. The predicted octanol–water partition coefficient (Wildman–Crippen LogP) is 6.34. The van der Waals surface area contributed by atoms with Crippen molar-refractivity contribution in [2.45, 2.75) is 46.5 Å². The van der Waals surface area contributed by atoms with E-state index in [-0.39, 0.29) is 5.82 Å². The molecule has 0 aromatic heterocycles. The van der Waals surface area contributed by atoms with Crippen LogP contribution in [0.5, 0.6) is 0 Å². The van der Waals surface area contributed by atoms with E-state index in [4.69, 9.17) is 0 Å². The average molecular weight is 284 g/mol. The Hall–Kier alpha value is -1.63. The zero-order valence-corrected chi connectivity index (χ0v) is 13.5. The van der Waals surface area contributed by atoms with Crippen LogP contribution in [0.15, 0.2) is 42.5 Å². The number of hydrogen-bond acceptors (Lipinski definition) is 0. The highest BCUT2D eigenvalue weighted by Crippen LogP contribution is 2.29. The maximum absolute atomic E-state index is 14.4. The third-order valence-corrected chi connectivity index (χ3v) is 4.10. The first kappa shape index (κ1) is 15.8. The minimum atomic E-state index is -0.118. The van der Waals surface area contributed by atoms with E-state index in [1.165, 1.54) is 12.0 Å². The van der Waals surface area contributed by atoms with Crippen LogP contribution in [0.3, 0.4) is 0 Å². The summed E-state index contributed by atoms with van der Waals surface area (Å²) in [6, 6.07) is 13.7. The van der Waals surface area contributed by atoms with E-state index in [1.807, 2.05) is 37.3 Å². The summed E-state index contributed by atoms with van der Waals surface area (Å²) >= 11 is 0. The Kier molecular flexibility index (Phi) is 5.17. The molecule has 0 saturated heterocycles. The van der Waals surface area contributed by atoms with Crippen LogP contribution in [0.4, 0.5) is 4.39 Å². The molecule has 2 aromatic rings. The highest BCUT2D eigenvalue weighted by molar-refractivity contribution is 5.64. The smallest absolute Gasteiger partial charge is 0.131 e. The van der Waals surface area contributed by atoms with Gasteiger partial charge in [0.2, 0.25) is 0 Å². The van der Waals surface area contributed by atoms with Crippen molar-refractivity contribution >= 4 is 0 Å². The summed E-state index contributed by atoms with van der Waals surface area (Å²) in [4.78, 5) is 0. The summed E-state index contributed by atoms with van der Waals surface area (Å²) in [6.45, 7) is 8.68. The normalized spacial score (nSPS) is 12.7. The molecule has 0 nitrogen and oxygen atoms in total. The first-order chi connectivity index (χ1) is 9.97. The first-order valence-electron chi connectivity index (χ1n) is 7.84. The van der Waals surface area contributed by atoms with E-state index in [0.29, 0.717) is 17.4 Å². The Bertz CT molecular complexity index is 581. The standard InChI is InChI=1S/C20H25F/c1-14(2)5-8-16(4)18-11-12-19(20(21)13-18)17-9-6-15(3)7-10-17/h6-7,9-14,16H,5,8H2,1-4H3. The fraction of sp³-hybridized carbons (Fsp3) is 0.400. The Morgan fingerprint density at radius 2 is 1.57 bits per heavy atom. The van der Waals surface area contributed by atoms with Gasteiger partial charge in [-0.25, -0.2) is 4.39 Å². The van der Waals surface area contributed by atoms with Gasteiger partial charge in [0.05, 0.1) is 0 Å². The number of aryl methyl sites for hydroxylation is 1. The highest BCUT2D eigenvalue weighted by atomic mass is 19.1. The maximum atomic E-state index is 14.4. The van der Waals surface area contributed by atoms with E-state index in [1.54, 1.807) is 6.07 Å². The second kappa shape index (κ2) is 6.89. The van der Waals surface area contributed by atoms with Gasteiger partial charge in [0.15, 0.2) is 0 Å². The number of rotatable bonds is 5. The first-order valence-corrected chi connectivity index (χ1v) is 7.84. The minimum Gasteiger partial charge on any atom is -0.206 e. The van der Waals surface area contributed by atoms with E-state index in [0.717, 1.165) is 17.5 Å². The van der Waals surface area contributed by atoms with Crippen LogP contribution < -0.4 is 0 Å². The monoisotopic (exact) mass is 284 g/mol. The van der Waals surface area contributed by atoms with Crippen molar-refractivity contribution in [2.75, 3.05) is 0 Å². The Morgan fingerprint density at radius 3 is 2.14 bits per heavy atom. The van der Waals surface area contributed by atoms with Crippen LogP contribution in [0.2, 0.25) is 0 Å². The van der Waals surface area contributed by atoms with Crippen molar-refractivity contribution in [1.82, 2.24) is 0 Å². The van der Waals surface area contributed by atoms with E-state index >= 15 is 0 Å². The fourth-order valence-electron chi connectivity index (χ4n) is 2.56. The molecule has 1 unspecified atom stereocenters. The van der Waals surface area contributed by atoms with Gasteiger partial charge in [0, 0.05) is 5.56 Å². The quantitative estimate of drug-likeness (QED) is 0.601. The molecular weight excluding hydrogens is 259 g/mol. The van der Waals surface area contributed by atoms with Crippen molar-refractivity contribution in [3.05, 3.63) is 59.4 Å². The van der Waals surface area contributed by atoms with Crippen LogP contribution in [0.1, 0.15) is 50.7 Å². The van der Waals surface area contributed by atoms with Gasteiger partial charge in [-0.2, -0.15) is 0 Å². The molecule has 2 rings (SSSR count). The molecule has 0 heterocycles. The van der Waals surface area contributed by atoms with Crippen molar-refractivity contribution < 1.29 is 4.39 Å². The Balaban J connectivity index is 2.19. The van der Waals surface area contributed by atoms with Crippen LogP contribution >= 0.6 is 0 Å². The van der Waals surface area contributed by atoms with Crippen LogP contribution in [-0.2, 0) is 0 Å². The molecule has 1 heteroatoms. The molecule has 0 amide bonds. The summed E-state index contributed by atoms with van der Waals surface area (Å²) in [5.41, 5.74) is 3.93. The van der Waals surface area contributed by atoms with Crippen molar-refractivity contribution in [2.24, 2.45) is 5.92 Å². The molecule has 0 bridgehead atoms. The van der Waals surface area contributed by atoms with Gasteiger partial charge in [-0.15, -0.1) is 0 Å². The summed E-state index contributed by atoms with van der Waals surface area (Å²) in [7, 11) is 0. The largest absolute Gasteiger partial charge is 0.206 e. The van der Waals surface area contributed by atoms with Crippen LogP contribution in [0.25, 0.3) is 11.1 Å². The molecular formula is C20H25F. The lowest BCUT2D eigenvalue weighted by Crippen LogP contribution is -1.98. The summed E-state index contributed by atoms with van der Waals surface area (Å²) < 4.78 is 14.4. The SMILES string of the molecule is Cc1ccc(-c2ccc(C(C)CCC(C)C)cc2F)cc1. The zero-order chi connectivity index (χ0) is 15.4. The van der Waals surface area contributed by atoms with Crippen LogP contribution in [0, 0.1) is 18.7 Å². The van der Waals surface area contributed by atoms with Crippen molar-refractivity contribution in [3.63, 3.8) is 0 Å². The fourth-order valence-corrected chi connectivity index (χ4v) is 2.56. The average Bonchev–Trinajstić information content (AvgIpc) is 2.45. The number of halogens is 1. The van der Waals surface area contributed by atoms with Gasteiger partial charge in [-0.1, -0.05) is 69.2 Å². The van der Waals surface area contributed by atoms with Crippen LogP contribution in [-0.4, -0.2) is 0 Å². The molecule has 21 heavy (non-hydrogen) atoms. The molecule has 0 aliphatic rings. The molecule has 0 aliphatic carbocycles. The van der Waals surface area contributed by atoms with E-state index in [2.05, 4.69) is 26.8 Å². The molecule has 0 N–H and O–H groups in total. The van der Waals surface area contributed by atoms with Crippen molar-refractivity contribution in [1.29, 1.82) is 0 Å². The summed E-state index contributed by atoms with van der Waals surface area (Å²) in [5, 5.41) is 0. The molecule has 2 aromatic carbocycles. The summed E-state index contributed by atoms with van der Waals surface area (Å²) in [5.74, 6) is 0.992. The summed E-state index contributed by atoms with van der Waals surface area (Å²) in [6.07, 6.45) is 2.30. The molecule has 0 fully saturated rings. The minimum absolute atomic E-state index is 0.118. The maximum Gasteiger partial charge on any atom is 0.131 e. The molecule has 0 aliphatic heterocycles. The highest BCUT2D eigenvalue weighted by Gasteiger charge is 2.11. The Labute approximate surface area is 128 Å². The van der Waals surface area contributed by atoms with Gasteiger partial charge in [0.25, 0.3) is 0 Å². The van der Waals surface area contributed by atoms with Gasteiger partial charge < -0.3 is 0 Å². The van der Waals surface area contributed by atoms with Gasteiger partial charge in [-0.3, -0.25) is 0 Å². The predicted molar refractivity (Wildman–Crippen MR) is 89.1 cm³/mol. The molecule has 0 spiro atoms. The molecule has 0 radical (unpaired) electrons. The lowest BCUT2D eigenvalue weighted by Gasteiger charge is -2.15. The van der Waals surface area contributed by atoms with Gasteiger partial charge in [-0.05, 0) is 42.4 Å². The second-order valence-electron chi connectivity index (χ2n) is 6.48.